The van der Waals surface area contributed by atoms with E-state index in [1.165, 1.54) is 0 Å². The number of hydrogen-bond acceptors (Lipinski definition) is 5. The van der Waals surface area contributed by atoms with Crippen LogP contribution < -0.4 is 4.74 Å². The lowest BCUT2D eigenvalue weighted by molar-refractivity contribution is 0.415. The molecule has 5 heteroatoms. The summed E-state index contributed by atoms with van der Waals surface area (Å²) in [4.78, 5) is 8.42. The molecular weight excluding hydrogens is 288 g/mol. The monoisotopic (exact) mass is 302 g/mol. The number of methoxy groups -OCH3 is 1. The SMILES string of the molecule is C#CCCC(C#N)(C#N)c1ncc(-c2ccc(OC)cc2)cn1. The second-order valence-corrected chi connectivity index (χ2v) is 4.86. The molecule has 5 nitrogen and oxygen atoms in total. The van der Waals surface area contributed by atoms with Crippen LogP contribution in [0.25, 0.3) is 11.1 Å². The van der Waals surface area contributed by atoms with Gasteiger partial charge in [0.1, 0.15) is 5.75 Å². The number of aromatic nitrogens is 2. The van der Waals surface area contributed by atoms with Gasteiger partial charge in [-0.3, -0.25) is 0 Å². The standard InChI is InChI=1S/C18H14N4O/c1-3-4-9-18(12-19,13-20)17-21-10-15(11-22-17)14-5-7-16(23-2)8-6-14/h1,5-8,10-11H,4,9H2,2H3. The van der Waals surface area contributed by atoms with E-state index in [1.54, 1.807) is 19.5 Å². The van der Waals surface area contributed by atoms with Crippen molar-refractivity contribution in [1.29, 1.82) is 10.5 Å². The normalized spacial score (nSPS) is 10.2. The lowest BCUT2D eigenvalue weighted by atomic mass is 9.85. The van der Waals surface area contributed by atoms with Crippen LogP contribution in [-0.4, -0.2) is 17.1 Å². The highest BCUT2D eigenvalue weighted by molar-refractivity contribution is 5.62. The molecule has 0 saturated carbocycles. The van der Waals surface area contributed by atoms with Crippen molar-refractivity contribution in [2.75, 3.05) is 7.11 Å². The second-order valence-electron chi connectivity index (χ2n) is 4.86. The van der Waals surface area contributed by atoms with Crippen molar-refractivity contribution in [3.8, 4) is 41.4 Å². The molecule has 0 aliphatic carbocycles. The van der Waals surface area contributed by atoms with Crippen molar-refractivity contribution >= 4 is 0 Å². The molecule has 0 fully saturated rings. The number of ether oxygens (including phenoxy) is 1. The van der Waals surface area contributed by atoms with Crippen molar-refractivity contribution < 1.29 is 4.74 Å². The minimum absolute atomic E-state index is 0.176. The molecule has 0 aliphatic heterocycles. The van der Waals surface area contributed by atoms with Gasteiger partial charge in [0.25, 0.3) is 0 Å². The van der Waals surface area contributed by atoms with Crippen LogP contribution in [0.3, 0.4) is 0 Å². The summed E-state index contributed by atoms with van der Waals surface area (Å²) in [5.74, 6) is 3.37. The van der Waals surface area contributed by atoms with Gasteiger partial charge in [-0.2, -0.15) is 10.5 Å². The topological polar surface area (TPSA) is 82.6 Å². The summed E-state index contributed by atoms with van der Waals surface area (Å²) in [5, 5.41) is 18.7. The van der Waals surface area contributed by atoms with Crippen LogP contribution in [-0.2, 0) is 5.41 Å². The zero-order valence-electron chi connectivity index (χ0n) is 12.7. The molecular formula is C18H14N4O. The van der Waals surface area contributed by atoms with Gasteiger partial charge in [0.2, 0.25) is 5.41 Å². The summed E-state index contributed by atoms with van der Waals surface area (Å²) >= 11 is 0. The molecule has 1 heterocycles. The van der Waals surface area contributed by atoms with E-state index in [4.69, 9.17) is 11.2 Å². The van der Waals surface area contributed by atoms with Gasteiger partial charge in [-0.15, -0.1) is 12.3 Å². The Morgan fingerprint density at radius 1 is 1.09 bits per heavy atom. The molecule has 23 heavy (non-hydrogen) atoms. The van der Waals surface area contributed by atoms with Gasteiger partial charge in [0.15, 0.2) is 5.82 Å². The van der Waals surface area contributed by atoms with E-state index in [-0.39, 0.29) is 12.2 Å². The summed E-state index contributed by atoms with van der Waals surface area (Å²) < 4.78 is 5.12. The van der Waals surface area contributed by atoms with Crippen LogP contribution in [0.4, 0.5) is 0 Å². The number of nitrogens with zero attached hydrogens (tertiary/aromatic N) is 4. The Morgan fingerprint density at radius 3 is 2.17 bits per heavy atom. The van der Waals surface area contributed by atoms with E-state index in [0.717, 1.165) is 16.9 Å². The number of rotatable bonds is 5. The van der Waals surface area contributed by atoms with Gasteiger partial charge in [-0.25, -0.2) is 9.97 Å². The fourth-order valence-corrected chi connectivity index (χ4v) is 2.09. The Balaban J connectivity index is 2.32. The smallest absolute Gasteiger partial charge is 0.203 e. The molecule has 2 aromatic rings. The first kappa shape index (κ1) is 16.0. The van der Waals surface area contributed by atoms with Gasteiger partial charge < -0.3 is 4.74 Å². The van der Waals surface area contributed by atoms with E-state index in [0.29, 0.717) is 6.42 Å². The maximum absolute atomic E-state index is 9.37. The maximum Gasteiger partial charge on any atom is 0.203 e. The predicted molar refractivity (Wildman–Crippen MR) is 85.0 cm³/mol. The molecule has 0 N–H and O–H groups in total. The highest BCUT2D eigenvalue weighted by Crippen LogP contribution is 2.27. The fraction of sp³-hybridized carbons (Fsp3) is 0.222. The van der Waals surface area contributed by atoms with Gasteiger partial charge in [0.05, 0.1) is 19.2 Å². The predicted octanol–water partition coefficient (Wildman–Crippen LogP) is 2.85. The van der Waals surface area contributed by atoms with Crippen LogP contribution in [0.1, 0.15) is 18.7 Å². The first-order chi connectivity index (χ1) is 11.2. The number of nitriles is 2. The molecule has 0 atom stereocenters. The van der Waals surface area contributed by atoms with Crippen molar-refractivity contribution in [3.63, 3.8) is 0 Å². The first-order valence-electron chi connectivity index (χ1n) is 6.92. The molecule has 0 amide bonds. The quantitative estimate of drug-likeness (QED) is 0.793. The minimum Gasteiger partial charge on any atom is -0.497 e. The maximum atomic E-state index is 9.37. The highest BCUT2D eigenvalue weighted by atomic mass is 16.5. The number of hydrogen-bond donors (Lipinski definition) is 0. The van der Waals surface area contributed by atoms with Gasteiger partial charge in [0, 0.05) is 24.4 Å². The Kier molecular flexibility index (Phi) is 4.92. The van der Waals surface area contributed by atoms with E-state index < -0.39 is 5.41 Å². The molecule has 0 aliphatic rings. The Morgan fingerprint density at radius 2 is 1.70 bits per heavy atom. The van der Waals surface area contributed by atoms with Crippen LogP contribution in [0.5, 0.6) is 5.75 Å². The number of benzene rings is 1. The van der Waals surface area contributed by atoms with Gasteiger partial charge >= 0.3 is 0 Å². The van der Waals surface area contributed by atoms with E-state index >= 15 is 0 Å². The zero-order valence-corrected chi connectivity index (χ0v) is 12.7. The van der Waals surface area contributed by atoms with Crippen LogP contribution in [0.2, 0.25) is 0 Å². The fourth-order valence-electron chi connectivity index (χ4n) is 2.09. The Labute approximate surface area is 135 Å². The highest BCUT2D eigenvalue weighted by Gasteiger charge is 2.35. The summed E-state index contributed by atoms with van der Waals surface area (Å²) in [5.41, 5.74) is 0.295. The number of terminal acetylenes is 1. The summed E-state index contributed by atoms with van der Waals surface area (Å²) in [6, 6.07) is 11.4. The molecule has 0 saturated heterocycles. The van der Waals surface area contributed by atoms with Crippen molar-refractivity contribution in [1.82, 2.24) is 9.97 Å². The third-order valence-electron chi connectivity index (χ3n) is 3.48. The third kappa shape index (κ3) is 3.28. The van der Waals surface area contributed by atoms with Crippen LogP contribution >= 0.6 is 0 Å². The molecule has 0 bridgehead atoms. The molecule has 1 aromatic carbocycles. The molecule has 112 valence electrons. The second kappa shape index (κ2) is 7.07. The van der Waals surface area contributed by atoms with Gasteiger partial charge in [-0.1, -0.05) is 12.1 Å². The molecule has 1 aromatic heterocycles. The van der Waals surface area contributed by atoms with Crippen LogP contribution in [0.15, 0.2) is 36.7 Å². The van der Waals surface area contributed by atoms with E-state index in [1.807, 2.05) is 36.4 Å². The molecule has 0 radical (unpaired) electrons. The first-order valence-corrected chi connectivity index (χ1v) is 6.92. The van der Waals surface area contributed by atoms with Gasteiger partial charge in [-0.05, 0) is 24.1 Å². The molecule has 2 rings (SSSR count). The zero-order chi connectivity index (χ0) is 16.7. The summed E-state index contributed by atoms with van der Waals surface area (Å²) in [6.07, 6.45) is 8.95. The average molecular weight is 302 g/mol. The van der Waals surface area contributed by atoms with Crippen molar-refractivity contribution in [3.05, 3.63) is 42.5 Å². The largest absolute Gasteiger partial charge is 0.497 e. The minimum atomic E-state index is -1.41. The summed E-state index contributed by atoms with van der Waals surface area (Å²) in [7, 11) is 1.60. The van der Waals surface area contributed by atoms with E-state index in [9.17, 15) is 10.5 Å². The van der Waals surface area contributed by atoms with Crippen LogP contribution in [0, 0.1) is 35.0 Å². The van der Waals surface area contributed by atoms with E-state index in [2.05, 4.69) is 15.9 Å². The Hall–Kier alpha value is -3.36. The third-order valence-corrected chi connectivity index (χ3v) is 3.48. The summed E-state index contributed by atoms with van der Waals surface area (Å²) in [6.45, 7) is 0. The van der Waals surface area contributed by atoms with Crippen molar-refractivity contribution in [2.24, 2.45) is 0 Å². The Bertz CT molecular complexity index is 775. The lowest BCUT2D eigenvalue weighted by Gasteiger charge is -2.15. The van der Waals surface area contributed by atoms with Crippen molar-refractivity contribution in [2.45, 2.75) is 18.3 Å². The lowest BCUT2D eigenvalue weighted by Crippen LogP contribution is -2.24. The average Bonchev–Trinajstić information content (AvgIpc) is 2.63. The molecule has 0 spiro atoms. The molecule has 0 unspecified atom stereocenters.